The fourth-order valence-corrected chi connectivity index (χ4v) is 3.98. The number of carbonyl (C=O) groups excluding carboxylic acids is 1. The normalized spacial score (nSPS) is 17.7. The van der Waals surface area contributed by atoms with Crippen molar-refractivity contribution >= 4 is 34.5 Å². The van der Waals surface area contributed by atoms with Gasteiger partial charge in [0.05, 0.1) is 24.3 Å². The van der Waals surface area contributed by atoms with Crippen LogP contribution in [0.5, 0.6) is 17.2 Å². The fraction of sp³-hybridized carbons (Fsp3) is 0.182. The van der Waals surface area contributed by atoms with Crippen LogP contribution in [0.3, 0.4) is 0 Å². The first kappa shape index (κ1) is 19.9. The highest BCUT2D eigenvalue weighted by atomic mass is 32.2. The maximum atomic E-state index is 12.5. The zero-order valence-corrected chi connectivity index (χ0v) is 17.2. The van der Waals surface area contributed by atoms with E-state index in [4.69, 9.17) is 18.9 Å². The Hall–Kier alpha value is -3.39. The van der Waals surface area contributed by atoms with E-state index in [-0.39, 0.29) is 24.7 Å². The molecule has 30 heavy (non-hydrogen) atoms. The van der Waals surface area contributed by atoms with Crippen molar-refractivity contribution in [1.29, 1.82) is 0 Å². The van der Waals surface area contributed by atoms with E-state index in [0.717, 1.165) is 5.56 Å². The summed E-state index contributed by atoms with van der Waals surface area (Å²) in [5.41, 5.74) is 1.42. The lowest BCUT2D eigenvalue weighted by Crippen LogP contribution is -2.12. The van der Waals surface area contributed by atoms with Crippen molar-refractivity contribution in [2.24, 2.45) is 4.99 Å². The highest BCUT2D eigenvalue weighted by molar-refractivity contribution is 8.18. The van der Waals surface area contributed by atoms with Crippen LogP contribution in [-0.2, 0) is 9.53 Å². The lowest BCUT2D eigenvalue weighted by Gasteiger charge is -2.04. The minimum atomic E-state index is -0.627. The molecule has 0 amide bonds. The van der Waals surface area contributed by atoms with E-state index in [9.17, 15) is 9.90 Å². The average molecular weight is 425 g/mol. The van der Waals surface area contributed by atoms with Gasteiger partial charge in [-0.3, -0.25) is 0 Å². The zero-order valence-electron chi connectivity index (χ0n) is 16.4. The molecule has 2 aromatic rings. The van der Waals surface area contributed by atoms with Gasteiger partial charge in [0, 0.05) is 6.07 Å². The molecule has 1 N–H and O–H groups in total. The van der Waals surface area contributed by atoms with Gasteiger partial charge in [-0.25, -0.2) is 9.79 Å². The van der Waals surface area contributed by atoms with Gasteiger partial charge in [0.2, 0.25) is 6.79 Å². The number of aliphatic hydroxyl groups is 1. The molecule has 2 aliphatic rings. The number of hydrogen-bond donors (Lipinski definition) is 1. The lowest BCUT2D eigenvalue weighted by molar-refractivity contribution is -0.138. The molecular formula is C22H19NO6S. The molecule has 0 bridgehead atoms. The van der Waals surface area contributed by atoms with Crippen LogP contribution >= 0.6 is 11.8 Å². The first-order chi connectivity index (χ1) is 14.6. The van der Waals surface area contributed by atoms with Crippen molar-refractivity contribution < 1.29 is 28.8 Å². The number of nitrogens with zero attached hydrogens (tertiary/aromatic N) is 1. The molecule has 2 aromatic carbocycles. The largest absolute Gasteiger partial charge is 0.506 e. The van der Waals surface area contributed by atoms with E-state index in [2.05, 4.69) is 4.99 Å². The van der Waals surface area contributed by atoms with Crippen molar-refractivity contribution in [3.63, 3.8) is 0 Å². The van der Waals surface area contributed by atoms with Gasteiger partial charge in [-0.1, -0.05) is 23.9 Å². The Bertz CT molecular complexity index is 1090. The molecule has 0 aromatic heterocycles. The number of hydrogen-bond acceptors (Lipinski definition) is 8. The summed E-state index contributed by atoms with van der Waals surface area (Å²) < 4.78 is 21.1. The molecule has 154 valence electrons. The van der Waals surface area contributed by atoms with Gasteiger partial charge in [0.25, 0.3) is 0 Å². The SMILES string of the molecule is CCOC(=O)C1=C(O)/C(=C\c2ccc3c(c2)OCO3)SC1=Nc1cccc(OC)c1. The molecule has 8 heteroatoms. The van der Waals surface area contributed by atoms with Crippen LogP contribution in [-0.4, -0.2) is 36.6 Å². The Labute approximate surface area is 177 Å². The molecular weight excluding hydrogens is 406 g/mol. The Balaban J connectivity index is 1.72. The summed E-state index contributed by atoms with van der Waals surface area (Å²) in [6.45, 7) is 2.08. The maximum Gasteiger partial charge on any atom is 0.344 e. The van der Waals surface area contributed by atoms with Crippen molar-refractivity contribution in [2.75, 3.05) is 20.5 Å². The van der Waals surface area contributed by atoms with E-state index in [1.54, 1.807) is 50.4 Å². The molecule has 7 nitrogen and oxygen atoms in total. The monoisotopic (exact) mass is 425 g/mol. The topological polar surface area (TPSA) is 86.6 Å². The van der Waals surface area contributed by atoms with E-state index in [1.807, 2.05) is 12.1 Å². The number of benzene rings is 2. The first-order valence-corrected chi connectivity index (χ1v) is 10.0. The molecule has 0 fully saturated rings. The molecule has 0 atom stereocenters. The van der Waals surface area contributed by atoms with Crippen LogP contribution < -0.4 is 14.2 Å². The van der Waals surface area contributed by atoms with E-state index < -0.39 is 5.97 Å². The van der Waals surface area contributed by atoms with E-state index >= 15 is 0 Å². The Morgan fingerprint density at radius 3 is 2.87 bits per heavy atom. The highest BCUT2D eigenvalue weighted by Crippen LogP contribution is 2.41. The lowest BCUT2D eigenvalue weighted by atomic mass is 10.1. The summed E-state index contributed by atoms with van der Waals surface area (Å²) in [6.07, 6.45) is 1.76. The van der Waals surface area contributed by atoms with Crippen molar-refractivity contribution in [1.82, 2.24) is 0 Å². The number of esters is 1. The molecule has 0 spiro atoms. The predicted molar refractivity (Wildman–Crippen MR) is 115 cm³/mol. The highest BCUT2D eigenvalue weighted by Gasteiger charge is 2.33. The Morgan fingerprint density at radius 2 is 2.07 bits per heavy atom. The molecule has 4 rings (SSSR count). The third-order valence-electron chi connectivity index (χ3n) is 4.35. The van der Waals surface area contributed by atoms with Crippen LogP contribution in [0.4, 0.5) is 5.69 Å². The zero-order chi connectivity index (χ0) is 21.1. The second kappa shape index (κ2) is 8.54. The summed E-state index contributed by atoms with van der Waals surface area (Å²) in [7, 11) is 1.57. The maximum absolute atomic E-state index is 12.5. The number of thioether (sulfide) groups is 1. The summed E-state index contributed by atoms with van der Waals surface area (Å²) in [4.78, 5) is 17.5. The van der Waals surface area contributed by atoms with Crippen molar-refractivity contribution in [3.05, 3.63) is 64.3 Å². The van der Waals surface area contributed by atoms with E-state index in [0.29, 0.717) is 32.9 Å². The Kier molecular flexibility index (Phi) is 5.67. The quantitative estimate of drug-likeness (QED) is 0.700. The third-order valence-corrected chi connectivity index (χ3v) is 5.37. The van der Waals surface area contributed by atoms with Crippen molar-refractivity contribution in [2.45, 2.75) is 6.92 Å². The summed E-state index contributed by atoms with van der Waals surface area (Å²) in [6, 6.07) is 12.6. The Morgan fingerprint density at radius 1 is 1.23 bits per heavy atom. The van der Waals surface area contributed by atoms with Crippen LogP contribution in [0.25, 0.3) is 6.08 Å². The molecule has 0 saturated heterocycles. The number of rotatable bonds is 5. The number of fused-ring (bicyclic) bond motifs is 1. The van der Waals surface area contributed by atoms with Gasteiger partial charge in [0.15, 0.2) is 11.5 Å². The average Bonchev–Trinajstić information content (AvgIpc) is 3.32. The van der Waals surface area contributed by atoms with Gasteiger partial charge in [-0.2, -0.15) is 0 Å². The van der Waals surface area contributed by atoms with Crippen LogP contribution in [0.1, 0.15) is 12.5 Å². The van der Waals surface area contributed by atoms with Crippen molar-refractivity contribution in [3.8, 4) is 17.2 Å². The predicted octanol–water partition coefficient (Wildman–Crippen LogP) is 4.62. The molecule has 0 radical (unpaired) electrons. The minimum Gasteiger partial charge on any atom is -0.506 e. The number of carbonyl (C=O) groups is 1. The van der Waals surface area contributed by atoms with Gasteiger partial charge in [-0.15, -0.1) is 0 Å². The van der Waals surface area contributed by atoms with Crippen LogP contribution in [0.2, 0.25) is 0 Å². The molecule has 0 saturated carbocycles. The molecule has 2 aliphatic heterocycles. The van der Waals surface area contributed by atoms with Gasteiger partial charge in [0.1, 0.15) is 22.1 Å². The standard InChI is InChI=1S/C22H19NO6S/c1-3-27-22(25)19-20(24)18(10-13-7-8-16-17(9-13)29-12-28-16)30-21(19)23-14-5-4-6-15(11-14)26-2/h4-11,24H,3,12H2,1-2H3/b18-10+,23-21?. The number of ether oxygens (including phenoxy) is 4. The number of methoxy groups -OCH3 is 1. The second-order valence-electron chi connectivity index (χ2n) is 6.29. The third kappa shape index (κ3) is 3.99. The minimum absolute atomic E-state index is 0.0386. The fourth-order valence-electron chi connectivity index (χ4n) is 2.94. The van der Waals surface area contributed by atoms with E-state index in [1.165, 1.54) is 11.8 Å². The first-order valence-electron chi connectivity index (χ1n) is 9.22. The summed E-state index contributed by atoms with van der Waals surface area (Å²) in [5.74, 6) is 1.15. The summed E-state index contributed by atoms with van der Waals surface area (Å²) >= 11 is 1.19. The van der Waals surface area contributed by atoms with Gasteiger partial charge >= 0.3 is 5.97 Å². The molecule has 2 heterocycles. The smallest absolute Gasteiger partial charge is 0.344 e. The number of aliphatic imine (C=N–C) groups is 1. The molecule has 0 unspecified atom stereocenters. The van der Waals surface area contributed by atoms with Gasteiger partial charge in [-0.05, 0) is 42.8 Å². The molecule has 0 aliphatic carbocycles. The summed E-state index contributed by atoms with van der Waals surface area (Å²) in [5, 5.41) is 11.1. The van der Waals surface area contributed by atoms with Gasteiger partial charge < -0.3 is 24.1 Å². The van der Waals surface area contributed by atoms with Crippen LogP contribution in [0.15, 0.2) is 63.7 Å². The number of aliphatic hydroxyl groups excluding tert-OH is 1. The van der Waals surface area contributed by atoms with Crippen LogP contribution in [0, 0.1) is 0 Å². The second-order valence-corrected chi connectivity index (χ2v) is 7.32.